The molecule has 1 aliphatic rings. The highest BCUT2D eigenvalue weighted by Gasteiger charge is 2.52. The Bertz CT molecular complexity index is 1760. The molecule has 0 aliphatic carbocycles. The monoisotopic (exact) mass is 677 g/mol. The number of aliphatic hydroxyl groups excluding tert-OH is 1. The van der Waals surface area contributed by atoms with Gasteiger partial charge in [0.2, 0.25) is 11.0 Å². The molecule has 0 radical (unpaired) electrons. The Labute approximate surface area is 260 Å². The lowest BCUT2D eigenvalue weighted by Gasteiger charge is -2.34. The van der Waals surface area contributed by atoms with Gasteiger partial charge in [-0.05, 0) is 73.9 Å². The van der Waals surface area contributed by atoms with Gasteiger partial charge >= 0.3 is 12.4 Å². The first-order chi connectivity index (χ1) is 20.9. The molecule has 2 aromatic carbocycles. The number of β-amino-alcohol motifs (C(OH)–C–C–N with tert-alkyl or cyclic N) is 1. The summed E-state index contributed by atoms with van der Waals surface area (Å²) in [7, 11) is -3.02. The number of hydrogen-bond donors (Lipinski definition) is 2. The molecular formula is C30H30F7N3O5S. The molecule has 4 rings (SSSR count). The van der Waals surface area contributed by atoms with Crippen LogP contribution in [-0.2, 0) is 32.4 Å². The summed E-state index contributed by atoms with van der Waals surface area (Å²) in [5.41, 5.74) is -5.20. The van der Waals surface area contributed by atoms with Crippen LogP contribution in [0.1, 0.15) is 42.5 Å². The smallest absolute Gasteiger partial charge is 0.391 e. The molecule has 0 spiro atoms. The quantitative estimate of drug-likeness (QED) is 0.335. The lowest BCUT2D eigenvalue weighted by atomic mass is 9.81. The summed E-state index contributed by atoms with van der Waals surface area (Å²) < 4.78 is 121. The number of benzene rings is 2. The van der Waals surface area contributed by atoms with Crippen molar-refractivity contribution in [2.75, 3.05) is 29.6 Å². The number of sulfone groups is 1. The van der Waals surface area contributed by atoms with E-state index in [4.69, 9.17) is 0 Å². The van der Waals surface area contributed by atoms with Gasteiger partial charge in [-0.2, -0.15) is 26.3 Å². The van der Waals surface area contributed by atoms with E-state index in [0.717, 1.165) is 42.2 Å². The van der Waals surface area contributed by atoms with E-state index in [-0.39, 0.29) is 40.8 Å². The fraction of sp³-hybridized carbons (Fsp3) is 0.400. The summed E-state index contributed by atoms with van der Waals surface area (Å²) in [6, 6.07) is 6.02. The van der Waals surface area contributed by atoms with Crippen molar-refractivity contribution in [2.45, 2.75) is 56.1 Å². The number of hydrogen-bond acceptors (Lipinski definition) is 7. The van der Waals surface area contributed by atoms with Crippen LogP contribution >= 0.6 is 0 Å². The first-order valence-corrected chi connectivity index (χ1v) is 15.5. The van der Waals surface area contributed by atoms with Crippen LogP contribution in [0.2, 0.25) is 0 Å². The molecule has 1 amide bonds. The molecule has 2 heterocycles. The van der Waals surface area contributed by atoms with Crippen LogP contribution < -0.4 is 9.80 Å². The average Bonchev–Trinajstić information content (AvgIpc) is 3.27. The number of carbonyl (C=O) groups is 1. The molecular weight excluding hydrogens is 647 g/mol. The highest BCUT2D eigenvalue weighted by Crippen LogP contribution is 2.42. The Hall–Kier alpha value is -3.76. The summed E-state index contributed by atoms with van der Waals surface area (Å²) in [5, 5.41) is 18.8. The predicted molar refractivity (Wildman–Crippen MR) is 155 cm³/mol. The van der Waals surface area contributed by atoms with Gasteiger partial charge in [0.15, 0.2) is 9.84 Å². The molecule has 16 heteroatoms. The number of likely N-dealkylation sites (N-methyl/N-ethyl adjacent to an activating group) is 1. The molecule has 1 aliphatic heterocycles. The maximum Gasteiger partial charge on any atom is 0.416 e. The summed E-state index contributed by atoms with van der Waals surface area (Å²) in [4.78, 5) is 20.0. The van der Waals surface area contributed by atoms with E-state index >= 15 is 0 Å². The topological polar surface area (TPSA) is 111 Å². The predicted octanol–water partition coefficient (Wildman–Crippen LogP) is 5.44. The molecule has 2 N–H and O–H groups in total. The SMILES string of the molecule is Cc1cc(-c2cc(N3C[C@@H](O)C[C@]3(O)S(C)(=O)=O)ncc2N(C)C(=O)C(C)(C)c2cc(C(F)(F)F)cc(C(F)(F)F)c2)ccc1F. The second-order valence-corrected chi connectivity index (χ2v) is 14.0. The molecule has 1 fully saturated rings. The summed E-state index contributed by atoms with van der Waals surface area (Å²) in [6.07, 6.45) is -10.3. The fourth-order valence-electron chi connectivity index (χ4n) is 5.32. The maximum atomic E-state index is 14.2. The standard InChI is InChI=1S/C30H30F7N3O5S/c1-16-8-17(6-7-23(16)31)22-12-25(40-15-21(41)13-28(40,43)46(5,44)45)38-14-24(22)39(4)26(42)27(2,3)18-9-19(29(32,33)34)11-20(10-18)30(35,36)37/h6-12,14,21,41,43H,13,15H2,1-5H3/t21-,28-/m0/s1. The zero-order chi connectivity index (χ0) is 34.8. The van der Waals surface area contributed by atoms with Crippen LogP contribution in [-0.4, -0.2) is 60.5 Å². The number of aliphatic hydroxyl groups is 2. The Morgan fingerprint density at radius 2 is 1.54 bits per heavy atom. The van der Waals surface area contributed by atoms with Crippen molar-refractivity contribution in [3.8, 4) is 11.1 Å². The zero-order valence-electron chi connectivity index (χ0n) is 25.1. The molecule has 3 aromatic rings. The number of pyridine rings is 1. The summed E-state index contributed by atoms with van der Waals surface area (Å²) in [6.45, 7) is 3.41. The largest absolute Gasteiger partial charge is 0.416 e. The van der Waals surface area contributed by atoms with Crippen molar-refractivity contribution in [3.05, 3.63) is 76.7 Å². The Morgan fingerprint density at radius 1 is 1.00 bits per heavy atom. The molecule has 0 unspecified atom stereocenters. The summed E-state index contributed by atoms with van der Waals surface area (Å²) >= 11 is 0. The number of nitrogens with zero attached hydrogens (tertiary/aromatic N) is 3. The number of halogens is 7. The third-order valence-electron chi connectivity index (χ3n) is 8.03. The van der Waals surface area contributed by atoms with E-state index in [1.807, 2.05) is 0 Å². The maximum absolute atomic E-state index is 14.2. The van der Waals surface area contributed by atoms with Crippen molar-refractivity contribution in [1.82, 2.24) is 4.98 Å². The van der Waals surface area contributed by atoms with Gasteiger partial charge in [0.05, 0.1) is 34.5 Å². The Kier molecular flexibility index (Phi) is 8.77. The second-order valence-electron chi connectivity index (χ2n) is 11.8. The number of anilines is 2. The molecule has 2 atom stereocenters. The van der Waals surface area contributed by atoms with Gasteiger partial charge in [0.25, 0.3) is 0 Å². The van der Waals surface area contributed by atoms with Crippen LogP contribution in [0.5, 0.6) is 0 Å². The molecule has 0 bridgehead atoms. The first kappa shape index (κ1) is 35.1. The lowest BCUT2D eigenvalue weighted by molar-refractivity contribution is -0.143. The van der Waals surface area contributed by atoms with Gasteiger partial charge < -0.3 is 20.0 Å². The van der Waals surface area contributed by atoms with Gasteiger partial charge in [0, 0.05) is 31.8 Å². The van der Waals surface area contributed by atoms with Crippen molar-refractivity contribution < 1.29 is 54.2 Å². The first-order valence-electron chi connectivity index (χ1n) is 13.6. The number of rotatable bonds is 6. The third kappa shape index (κ3) is 6.42. The van der Waals surface area contributed by atoms with Gasteiger partial charge in [-0.25, -0.2) is 17.8 Å². The molecule has 0 saturated carbocycles. The molecule has 250 valence electrons. The molecule has 1 aromatic heterocycles. The Morgan fingerprint density at radius 3 is 2.04 bits per heavy atom. The van der Waals surface area contributed by atoms with Gasteiger partial charge in [-0.1, -0.05) is 6.07 Å². The van der Waals surface area contributed by atoms with Crippen molar-refractivity contribution in [3.63, 3.8) is 0 Å². The second kappa shape index (κ2) is 11.5. The highest BCUT2D eigenvalue weighted by atomic mass is 32.2. The van der Waals surface area contributed by atoms with Gasteiger partial charge in [-0.15, -0.1) is 0 Å². The molecule has 8 nitrogen and oxygen atoms in total. The number of aromatic nitrogens is 1. The van der Waals surface area contributed by atoms with E-state index in [2.05, 4.69) is 4.98 Å². The van der Waals surface area contributed by atoms with Crippen LogP contribution in [0.3, 0.4) is 0 Å². The van der Waals surface area contributed by atoms with E-state index in [1.165, 1.54) is 32.2 Å². The van der Waals surface area contributed by atoms with Crippen LogP contribution in [0.15, 0.2) is 48.7 Å². The van der Waals surface area contributed by atoms with E-state index in [1.54, 1.807) is 0 Å². The van der Waals surface area contributed by atoms with Gasteiger partial charge in [-0.3, -0.25) is 4.79 Å². The van der Waals surface area contributed by atoms with Gasteiger partial charge in [0.1, 0.15) is 11.6 Å². The van der Waals surface area contributed by atoms with E-state index < -0.39 is 73.6 Å². The average molecular weight is 678 g/mol. The number of amides is 1. The summed E-state index contributed by atoms with van der Waals surface area (Å²) in [5.74, 6) is -1.68. The highest BCUT2D eigenvalue weighted by molar-refractivity contribution is 7.92. The Balaban J connectivity index is 1.88. The number of aryl methyl sites for hydroxylation is 1. The van der Waals surface area contributed by atoms with Crippen LogP contribution in [0, 0.1) is 12.7 Å². The van der Waals surface area contributed by atoms with E-state index in [0.29, 0.717) is 12.1 Å². The van der Waals surface area contributed by atoms with Crippen molar-refractivity contribution in [1.29, 1.82) is 0 Å². The molecule has 1 saturated heterocycles. The minimum Gasteiger partial charge on any atom is -0.391 e. The van der Waals surface area contributed by atoms with Crippen molar-refractivity contribution in [2.24, 2.45) is 0 Å². The lowest BCUT2D eigenvalue weighted by Crippen LogP contribution is -2.50. The van der Waals surface area contributed by atoms with Crippen molar-refractivity contribution >= 4 is 27.2 Å². The molecule has 46 heavy (non-hydrogen) atoms. The fourth-order valence-corrected chi connectivity index (χ4v) is 6.39. The van der Waals surface area contributed by atoms with Crippen LogP contribution in [0.25, 0.3) is 11.1 Å². The minimum atomic E-state index is -5.15. The normalized spacial score (nSPS) is 19.4. The zero-order valence-corrected chi connectivity index (χ0v) is 25.9. The number of carbonyl (C=O) groups excluding carboxylic acids is 1. The van der Waals surface area contributed by atoms with Crippen LogP contribution in [0.4, 0.5) is 42.2 Å². The van der Waals surface area contributed by atoms with E-state index in [9.17, 15) is 54.2 Å². The minimum absolute atomic E-state index is 0.0292. The number of alkyl halides is 6. The third-order valence-corrected chi connectivity index (χ3v) is 9.61.